The van der Waals surface area contributed by atoms with Gasteiger partial charge in [-0.2, -0.15) is 0 Å². The molecule has 0 aromatic rings. The van der Waals surface area contributed by atoms with Gasteiger partial charge in [0.25, 0.3) is 0 Å². The Balaban J connectivity index is 0.000000197. The summed E-state index contributed by atoms with van der Waals surface area (Å²) in [6, 6.07) is 0. The maximum absolute atomic E-state index is 12.5. The summed E-state index contributed by atoms with van der Waals surface area (Å²) in [7, 11) is 0. The van der Waals surface area contributed by atoms with Crippen LogP contribution in [0.25, 0.3) is 0 Å². The van der Waals surface area contributed by atoms with Crippen molar-refractivity contribution in [1.29, 1.82) is 0 Å². The van der Waals surface area contributed by atoms with Crippen LogP contribution < -0.4 is 0 Å². The zero-order chi connectivity index (χ0) is 91.2. The van der Waals surface area contributed by atoms with Crippen molar-refractivity contribution in [3.8, 4) is 0 Å². The molecule has 0 aromatic heterocycles. The molecule has 10 aliphatic carbocycles. The van der Waals surface area contributed by atoms with Gasteiger partial charge in [-0.25, -0.2) is 43.2 Å². The molecule has 0 spiro atoms. The molecule has 5 heterocycles. The van der Waals surface area contributed by atoms with Crippen LogP contribution in [0.3, 0.4) is 0 Å². The number of cyclic esters (lactones) is 2. The second-order valence-electron chi connectivity index (χ2n) is 38.9. The predicted octanol–water partition coefficient (Wildman–Crippen LogP) is 13.4. The minimum atomic E-state index is -2.11. The average molecular weight is 1700 g/mol. The molecule has 29 heteroatoms. The molecule has 5 aliphatic heterocycles. The van der Waals surface area contributed by atoms with Crippen LogP contribution in [0.5, 0.6) is 0 Å². The summed E-state index contributed by atoms with van der Waals surface area (Å²) in [5.41, 5.74) is -5.83. The molecule has 0 aromatic carbocycles. The Labute approximate surface area is 712 Å². The fourth-order valence-corrected chi connectivity index (χ4v) is 19.2. The SMILES string of the molecule is C=C(C)C(=O)OC1(C(C)C)C2CC3CC(C2)CC1C3.C=C(C)C(=O)OC1(C)CCCC1.C=C(C)C(=O)OC12CC3CC(CC(O)(C3)C1)C2.C=C(C)C(=O)OC1CCOC1=O.C=C(C)C(=O)OCCOC(=O)C12CCC(C)(C(=O)O1)C2(C)C.CCC(C)(C)C(=O)OC1CCOC1=O.CCC(C)(C)C(=O)OCCOC(=O)C12OC(=O)C(C)(C(=O)O1)C2(C)C. The molecule has 12 bridgehead atoms. The van der Waals surface area contributed by atoms with Gasteiger partial charge in [0.05, 0.1) is 40.5 Å². The van der Waals surface area contributed by atoms with Gasteiger partial charge >= 0.3 is 89.4 Å². The van der Waals surface area contributed by atoms with E-state index in [0.717, 1.165) is 50.4 Å². The van der Waals surface area contributed by atoms with Crippen molar-refractivity contribution >= 4 is 83.6 Å². The van der Waals surface area contributed by atoms with Gasteiger partial charge in [-0.15, -0.1) is 0 Å². The van der Waals surface area contributed by atoms with E-state index in [2.05, 4.69) is 51.5 Å². The Morgan fingerprint density at radius 2 is 0.893 bits per heavy atom. The van der Waals surface area contributed by atoms with Crippen LogP contribution in [0.4, 0.5) is 0 Å². The number of carbonyl (C=O) groups excluding carboxylic acids is 14. The Hall–Kier alpha value is -8.76. The predicted molar refractivity (Wildman–Crippen MR) is 436 cm³/mol. The Bertz CT molecular complexity index is 3980. The van der Waals surface area contributed by atoms with E-state index in [9.17, 15) is 72.2 Å². The number of ether oxygens (including phenoxy) is 14. The number of rotatable bonds is 23. The van der Waals surface area contributed by atoms with Gasteiger partial charge in [-0.1, -0.05) is 88.3 Å². The molecular formula is C92H134O29. The molecule has 121 heavy (non-hydrogen) atoms. The van der Waals surface area contributed by atoms with Gasteiger partial charge in [-0.05, 0) is 240 Å². The lowest BCUT2D eigenvalue weighted by Gasteiger charge is -2.61. The van der Waals surface area contributed by atoms with E-state index in [1.165, 1.54) is 86.0 Å². The standard InChI is InChI=1S/C17H24O8.C17H26O2.C16H22O6.C14H20O3.C10H16O4.C10H16O2.C8H10O4/c1-7-14(2,3)10(18)22-8-9-23-13(21)17-15(4,5)16(6,11(19)24-17)12(20)25-17;1-10(2)16(18)19-17(11(3)4)14-6-12-5-13(8-14)9-15(17)7-12;1-10(2)11(17)20-8-9-21-13(19)16-7-6-15(5,12(18)22-16)14(16,3)4;1-9(2)12(15)17-14-6-10-3-11(7-14)5-13(16,4-10)8-14;1-4-10(2,3)9(12)14-7-5-6-13-8(7)11;1-8(2)9(11)12-10(3)6-4-5-7-10;1-5(2)7(9)12-6-3-4-11-8(6)10/h7-9H2,1-6H3;11-15H,1,5-9H2,2-4H3;1,6-9H2,2-5H3;10-11,16H,1,3-8H2,2H3;7H,4-6H2,1-3H3;1,4-7H2,2-3H3;6H,1,3-4H2,2H3. The highest BCUT2D eigenvalue weighted by atomic mass is 16.8. The van der Waals surface area contributed by atoms with E-state index in [0.29, 0.717) is 104 Å². The molecule has 15 rings (SSSR count). The molecular weight excluding hydrogens is 1570 g/mol. The maximum Gasteiger partial charge on any atom is 0.393 e. The number of esters is 14. The summed E-state index contributed by atoms with van der Waals surface area (Å²) in [5, 5.41) is 10.5. The molecule has 676 valence electrons. The molecule has 15 aliphatic rings. The van der Waals surface area contributed by atoms with Gasteiger partial charge < -0.3 is 71.4 Å². The van der Waals surface area contributed by atoms with Crippen molar-refractivity contribution in [3.05, 3.63) is 60.8 Å². The quantitative estimate of drug-likeness (QED) is 0.0326. The first kappa shape index (κ1) is 99.3. The van der Waals surface area contributed by atoms with Gasteiger partial charge in [0.2, 0.25) is 17.8 Å². The van der Waals surface area contributed by atoms with Crippen molar-refractivity contribution in [1.82, 2.24) is 0 Å². The van der Waals surface area contributed by atoms with E-state index in [4.69, 9.17) is 61.6 Å². The zero-order valence-corrected chi connectivity index (χ0v) is 75.2. The van der Waals surface area contributed by atoms with Crippen molar-refractivity contribution in [2.75, 3.05) is 39.6 Å². The van der Waals surface area contributed by atoms with E-state index in [1.54, 1.807) is 48.5 Å². The zero-order valence-electron chi connectivity index (χ0n) is 75.2. The number of carbonyl (C=O) groups is 14. The summed E-state index contributed by atoms with van der Waals surface area (Å²) in [4.78, 5) is 164. The highest BCUT2D eigenvalue weighted by Gasteiger charge is 2.84. The number of hydrogen-bond acceptors (Lipinski definition) is 29. The van der Waals surface area contributed by atoms with E-state index < -0.39 is 121 Å². The smallest absolute Gasteiger partial charge is 0.393 e. The van der Waals surface area contributed by atoms with Crippen LogP contribution in [-0.2, 0) is 133 Å². The molecule has 6 atom stereocenters. The summed E-state index contributed by atoms with van der Waals surface area (Å²) in [6.45, 7) is 53.5. The highest BCUT2D eigenvalue weighted by Crippen LogP contribution is 2.67. The fourth-order valence-electron chi connectivity index (χ4n) is 19.2. The Morgan fingerprint density at radius 1 is 0.471 bits per heavy atom. The fraction of sp³-hybridized carbons (Fsp3) is 0.739. The van der Waals surface area contributed by atoms with E-state index in [1.807, 2.05) is 41.5 Å². The number of fused-ring (bicyclic) bond motifs is 4. The van der Waals surface area contributed by atoms with Gasteiger partial charge in [0, 0.05) is 52.5 Å². The summed E-state index contributed by atoms with van der Waals surface area (Å²) < 4.78 is 72.0. The first-order chi connectivity index (χ1) is 55.9. The molecule has 6 unspecified atom stereocenters. The summed E-state index contributed by atoms with van der Waals surface area (Å²) >= 11 is 0. The van der Waals surface area contributed by atoms with Crippen molar-refractivity contribution < 1.29 is 139 Å². The van der Waals surface area contributed by atoms with Crippen LogP contribution in [0, 0.1) is 73.9 Å². The lowest BCUT2D eigenvalue weighted by Crippen LogP contribution is -2.62. The Morgan fingerprint density at radius 3 is 1.30 bits per heavy atom. The lowest BCUT2D eigenvalue weighted by molar-refractivity contribution is -0.242. The summed E-state index contributed by atoms with van der Waals surface area (Å²) in [6.07, 6.45) is 18.2. The number of aliphatic hydroxyl groups is 1. The third kappa shape index (κ3) is 21.0. The van der Waals surface area contributed by atoms with Gasteiger partial charge in [-0.3, -0.25) is 24.0 Å². The normalized spacial score (nSPS) is 32.1. The monoisotopic (exact) mass is 1700 g/mol. The Kier molecular flexibility index (Phi) is 31.3. The van der Waals surface area contributed by atoms with Crippen molar-refractivity contribution in [2.24, 2.45) is 73.9 Å². The van der Waals surface area contributed by atoms with Crippen LogP contribution in [0.1, 0.15) is 273 Å². The first-order valence-electron chi connectivity index (χ1n) is 42.7. The molecule has 15 fully saturated rings. The average Bonchev–Trinajstić information content (AvgIpc) is 1.51. The van der Waals surface area contributed by atoms with Crippen LogP contribution in [0.2, 0.25) is 0 Å². The minimum Gasteiger partial charge on any atom is -0.463 e. The molecule has 1 N–H and O–H groups in total. The maximum atomic E-state index is 12.5. The third-order valence-corrected chi connectivity index (χ3v) is 27.9. The van der Waals surface area contributed by atoms with Crippen molar-refractivity contribution in [2.45, 2.75) is 319 Å². The molecule has 0 amide bonds. The van der Waals surface area contributed by atoms with Crippen LogP contribution >= 0.6 is 0 Å². The first-order valence-corrected chi connectivity index (χ1v) is 42.7. The highest BCUT2D eigenvalue weighted by molar-refractivity contribution is 6.10. The molecule has 29 nitrogen and oxygen atoms in total. The van der Waals surface area contributed by atoms with Gasteiger partial charge in [0.15, 0.2) is 5.41 Å². The largest absolute Gasteiger partial charge is 0.463 e. The van der Waals surface area contributed by atoms with E-state index in [-0.39, 0.29) is 78.6 Å². The molecule has 10 saturated carbocycles. The van der Waals surface area contributed by atoms with E-state index >= 15 is 0 Å². The van der Waals surface area contributed by atoms with Gasteiger partial charge in [0.1, 0.15) is 43.2 Å². The third-order valence-electron chi connectivity index (χ3n) is 27.9. The summed E-state index contributed by atoms with van der Waals surface area (Å²) in [5.74, 6) is -4.62. The lowest BCUT2D eigenvalue weighted by atomic mass is 9.47. The van der Waals surface area contributed by atoms with Crippen molar-refractivity contribution in [3.63, 3.8) is 0 Å². The van der Waals surface area contributed by atoms with Crippen LogP contribution in [-0.4, -0.2) is 174 Å². The van der Waals surface area contributed by atoms with Crippen LogP contribution in [0.15, 0.2) is 60.8 Å². The second kappa shape index (κ2) is 38.2. The topological polar surface area (TPSA) is 388 Å². The molecule has 5 saturated heterocycles. The second-order valence-corrected chi connectivity index (χ2v) is 38.9. The number of hydrogen-bond donors (Lipinski definition) is 1. The molecule has 0 radical (unpaired) electrons. The minimum absolute atomic E-state index is 0.0564.